The van der Waals surface area contributed by atoms with Crippen LogP contribution in [0.1, 0.15) is 51.5 Å². The molecule has 2 aliphatic carbocycles. The van der Waals surface area contributed by atoms with Crippen LogP contribution in [-0.4, -0.2) is 80.7 Å². The molecule has 4 heterocycles. The predicted molar refractivity (Wildman–Crippen MR) is 176 cm³/mol. The highest BCUT2D eigenvalue weighted by Crippen LogP contribution is 2.36. The first-order valence-electron chi connectivity index (χ1n) is 14.2. The van der Waals surface area contributed by atoms with Crippen LogP contribution in [0.15, 0.2) is 60.9 Å². The molecule has 0 radical (unpaired) electrons. The molecule has 7 rings (SSSR count). The van der Waals surface area contributed by atoms with Crippen LogP contribution in [0.5, 0.6) is 5.75 Å². The van der Waals surface area contributed by atoms with Crippen molar-refractivity contribution in [3.8, 4) is 5.75 Å². The Balaban J connectivity index is 0.000000217. The molecule has 13 nitrogen and oxygen atoms in total. The molecule has 4 aliphatic rings. The van der Waals surface area contributed by atoms with E-state index in [1.807, 2.05) is 57.9 Å². The summed E-state index contributed by atoms with van der Waals surface area (Å²) in [5, 5.41) is 31.5. The number of rotatable bonds is 4. The third kappa shape index (κ3) is 6.85. The number of aromatic nitrogens is 2. The fourth-order valence-corrected chi connectivity index (χ4v) is 6.53. The Morgan fingerprint density at radius 3 is 2.04 bits per heavy atom. The molecule has 242 valence electrons. The van der Waals surface area contributed by atoms with Crippen molar-refractivity contribution in [3.05, 3.63) is 77.9 Å². The number of nitrogens with one attached hydrogen (secondary N) is 4. The van der Waals surface area contributed by atoms with Gasteiger partial charge in [-0.05, 0) is 54.8 Å². The van der Waals surface area contributed by atoms with Crippen LogP contribution in [0.4, 0.5) is 4.79 Å². The van der Waals surface area contributed by atoms with Crippen molar-refractivity contribution in [1.82, 2.24) is 30.4 Å². The summed E-state index contributed by atoms with van der Waals surface area (Å²) in [7, 11) is 1.60. The molecule has 2 fully saturated rings. The summed E-state index contributed by atoms with van der Waals surface area (Å²) < 4.78 is 8.90. The second-order valence-corrected chi connectivity index (χ2v) is 11.1. The topological polar surface area (TPSA) is 185 Å². The summed E-state index contributed by atoms with van der Waals surface area (Å²) in [6.45, 7) is 0.348. The van der Waals surface area contributed by atoms with E-state index in [2.05, 4.69) is 43.6 Å². The highest BCUT2D eigenvalue weighted by molar-refractivity contribution is 8.07. The van der Waals surface area contributed by atoms with E-state index in [0.717, 1.165) is 11.3 Å². The van der Waals surface area contributed by atoms with Gasteiger partial charge in [0.25, 0.3) is 11.8 Å². The van der Waals surface area contributed by atoms with E-state index in [1.165, 1.54) is 0 Å². The SMILES string of the molecule is COc1ccc(CNC(=O)N[C@H]2[C@@H]3NC(=O)c4cccn4[C@@H]3C[C@H]2O)cc1.N[C@H]1[C@@H]2NC(=O)c3cccn3[C@@H]2C[C@H]1O.S.S=S. The van der Waals surface area contributed by atoms with E-state index in [1.54, 1.807) is 19.2 Å². The zero-order valence-corrected chi connectivity index (χ0v) is 27.0. The number of hydrogen-bond donors (Lipinski definition) is 7. The van der Waals surface area contributed by atoms with Crippen molar-refractivity contribution in [1.29, 1.82) is 0 Å². The first-order chi connectivity index (χ1) is 21.2. The molecule has 0 bridgehead atoms. The van der Waals surface area contributed by atoms with Crippen molar-refractivity contribution in [3.63, 3.8) is 0 Å². The lowest BCUT2D eigenvalue weighted by Gasteiger charge is -2.32. The number of benzene rings is 1. The Morgan fingerprint density at radius 1 is 0.933 bits per heavy atom. The number of nitrogens with zero attached hydrogens (tertiary/aromatic N) is 2. The summed E-state index contributed by atoms with van der Waals surface area (Å²) in [4.78, 5) is 36.2. The zero-order chi connectivity index (χ0) is 31.5. The van der Waals surface area contributed by atoms with Gasteiger partial charge in [0, 0.05) is 41.3 Å². The van der Waals surface area contributed by atoms with Gasteiger partial charge >= 0.3 is 6.03 Å². The first-order valence-corrected chi connectivity index (χ1v) is 15.5. The molecule has 0 saturated heterocycles. The fraction of sp³-hybridized carbons (Fsp3) is 0.414. The molecule has 3 aromatic rings. The predicted octanol–water partition coefficient (Wildman–Crippen LogP) is 0.124. The molecular formula is C29H37N7O6S3. The minimum Gasteiger partial charge on any atom is -0.497 e. The largest absolute Gasteiger partial charge is 0.497 e. The van der Waals surface area contributed by atoms with E-state index in [0.29, 0.717) is 30.8 Å². The molecule has 0 unspecified atom stereocenters. The maximum absolute atomic E-state index is 12.3. The summed E-state index contributed by atoms with van der Waals surface area (Å²) in [5.41, 5.74) is 8.00. The summed E-state index contributed by atoms with van der Waals surface area (Å²) in [5.74, 6) is 0.451. The van der Waals surface area contributed by atoms with Gasteiger partial charge in [-0.3, -0.25) is 9.59 Å². The maximum atomic E-state index is 12.3. The molecular weight excluding hydrogens is 639 g/mol. The Hall–Kier alpha value is -3.54. The van der Waals surface area contributed by atoms with E-state index >= 15 is 0 Å². The molecule has 1 aromatic carbocycles. The average Bonchev–Trinajstić information content (AvgIpc) is 3.83. The second kappa shape index (κ2) is 14.7. The smallest absolute Gasteiger partial charge is 0.315 e. The third-order valence-electron chi connectivity index (χ3n) is 8.70. The quantitative estimate of drug-likeness (QED) is 0.202. The summed E-state index contributed by atoms with van der Waals surface area (Å²) in [6, 6.07) is 12.8. The number of nitrogens with two attached hydrogens (primary N) is 1. The van der Waals surface area contributed by atoms with Gasteiger partial charge in [-0.15, -0.1) is 0 Å². The first kappa shape index (κ1) is 34.3. The molecule has 16 heteroatoms. The number of urea groups is 1. The van der Waals surface area contributed by atoms with Crippen molar-refractivity contribution < 1.29 is 29.3 Å². The standard InChI is InChI=1S/C19H22N4O4.C10H13N3O2.S2.H2S/c1-27-12-6-4-11(5-7-12)10-20-19(26)22-17-15(24)9-14-16(17)21-18(25)13-3-2-8-23(13)14;11-8-7(14)4-6-9(8)12-10(15)5-2-1-3-13(5)6;1-2;/h2-8,14-17,24H,9-10H2,1H3,(H,21,25)(H2,20,22,26);1-3,6-9,14H,4,11H2,(H,12,15);;1H2/t14-,15-,16-,17-;6-,7-,8-,9-;;/m11../s1. The molecule has 2 aromatic heterocycles. The minimum atomic E-state index is -0.736. The highest BCUT2D eigenvalue weighted by atomic mass is 32.8. The number of ether oxygens (including phenoxy) is 1. The number of carbonyl (C=O) groups is 3. The number of amides is 4. The lowest BCUT2D eigenvalue weighted by atomic mass is 10.1. The lowest BCUT2D eigenvalue weighted by Crippen LogP contribution is -2.58. The van der Waals surface area contributed by atoms with E-state index < -0.39 is 18.2 Å². The molecule has 8 N–H and O–H groups in total. The number of methoxy groups -OCH3 is 1. The lowest BCUT2D eigenvalue weighted by molar-refractivity contribution is 0.0868. The van der Waals surface area contributed by atoms with Gasteiger partial charge < -0.3 is 51.1 Å². The number of carbonyl (C=O) groups excluding carboxylic acids is 3. The average molecular weight is 676 g/mol. The molecule has 2 saturated carbocycles. The summed E-state index contributed by atoms with van der Waals surface area (Å²) in [6.07, 6.45) is 3.51. The van der Waals surface area contributed by atoms with Crippen LogP contribution in [0.25, 0.3) is 0 Å². The van der Waals surface area contributed by atoms with Crippen molar-refractivity contribution >= 4 is 53.7 Å². The molecule has 45 heavy (non-hydrogen) atoms. The second-order valence-electron chi connectivity index (χ2n) is 11.1. The number of fused-ring (bicyclic) bond motifs is 6. The number of aliphatic hydroxyl groups is 2. The van der Waals surface area contributed by atoms with Gasteiger partial charge in [0.2, 0.25) is 0 Å². The maximum Gasteiger partial charge on any atom is 0.315 e. The van der Waals surface area contributed by atoms with E-state index in [9.17, 15) is 24.6 Å². The van der Waals surface area contributed by atoms with Gasteiger partial charge in [0.1, 0.15) is 17.1 Å². The fourth-order valence-electron chi connectivity index (χ4n) is 6.53. The van der Waals surface area contributed by atoms with Crippen molar-refractivity contribution in [2.75, 3.05) is 7.11 Å². The Bertz CT molecular complexity index is 1500. The van der Waals surface area contributed by atoms with Gasteiger partial charge in [0.05, 0.1) is 55.6 Å². The van der Waals surface area contributed by atoms with Crippen molar-refractivity contribution in [2.45, 2.75) is 67.8 Å². The van der Waals surface area contributed by atoms with Gasteiger partial charge in [-0.25, -0.2) is 4.79 Å². The Labute approximate surface area is 277 Å². The molecule has 4 amide bonds. The zero-order valence-electron chi connectivity index (χ0n) is 24.3. The summed E-state index contributed by atoms with van der Waals surface area (Å²) >= 11 is 7.33. The monoisotopic (exact) mass is 675 g/mol. The van der Waals surface area contributed by atoms with Gasteiger partial charge in [-0.1, -0.05) is 12.1 Å². The highest BCUT2D eigenvalue weighted by Gasteiger charge is 2.48. The van der Waals surface area contributed by atoms with Crippen LogP contribution in [-0.2, 0) is 28.9 Å². The minimum absolute atomic E-state index is 0. The van der Waals surface area contributed by atoms with Crippen LogP contribution >= 0.6 is 13.5 Å². The van der Waals surface area contributed by atoms with E-state index in [4.69, 9.17) is 10.5 Å². The number of aliphatic hydroxyl groups excluding tert-OH is 2. The molecule has 0 spiro atoms. The van der Waals surface area contributed by atoms with Gasteiger partial charge in [-0.2, -0.15) is 13.5 Å². The molecule has 2 aliphatic heterocycles. The normalized spacial score (nSPS) is 28.4. The van der Waals surface area contributed by atoms with Gasteiger partial charge in [0.15, 0.2) is 0 Å². The van der Waals surface area contributed by atoms with Crippen molar-refractivity contribution in [2.24, 2.45) is 5.73 Å². The number of hydrogen-bond acceptors (Lipinski definition) is 9. The molecule has 8 atom stereocenters. The van der Waals surface area contributed by atoms with Crippen LogP contribution in [0, 0.1) is 0 Å². The third-order valence-corrected chi connectivity index (χ3v) is 8.70. The van der Waals surface area contributed by atoms with E-state index in [-0.39, 0.29) is 61.6 Å². The van der Waals surface area contributed by atoms with Crippen LogP contribution in [0.3, 0.4) is 0 Å². The van der Waals surface area contributed by atoms with Crippen LogP contribution in [0.2, 0.25) is 0 Å². The van der Waals surface area contributed by atoms with Crippen LogP contribution < -0.4 is 31.7 Å². The Kier molecular flexibility index (Phi) is 11.2. The Morgan fingerprint density at radius 2 is 1.47 bits per heavy atom.